The van der Waals surface area contributed by atoms with Crippen LogP contribution in [-0.4, -0.2) is 21.3 Å². The number of pyridine rings is 1. The molecular weight excluding hydrogens is 260 g/mol. The van der Waals surface area contributed by atoms with Crippen molar-refractivity contribution in [2.45, 2.75) is 26.3 Å². The molecule has 0 saturated heterocycles. The first-order valence-electron chi connectivity index (χ1n) is 7.38. The fraction of sp³-hybridized carbons (Fsp3) is 0.294. The molecule has 3 heterocycles. The molecule has 0 spiro atoms. The second kappa shape index (κ2) is 4.58. The number of aromatic nitrogens is 3. The molecule has 1 unspecified atom stereocenters. The highest BCUT2D eigenvalue weighted by Gasteiger charge is 2.25. The van der Waals surface area contributed by atoms with Gasteiger partial charge in [0.25, 0.3) is 0 Å². The van der Waals surface area contributed by atoms with Crippen LogP contribution >= 0.6 is 0 Å². The molecular formula is C17H18N4. The van der Waals surface area contributed by atoms with Gasteiger partial charge in [-0.3, -0.25) is 0 Å². The van der Waals surface area contributed by atoms with Gasteiger partial charge in [0.05, 0.1) is 11.4 Å². The van der Waals surface area contributed by atoms with Crippen LogP contribution in [0.5, 0.6) is 0 Å². The molecule has 0 aliphatic carbocycles. The fourth-order valence-corrected chi connectivity index (χ4v) is 3.28. The van der Waals surface area contributed by atoms with Crippen molar-refractivity contribution in [2.24, 2.45) is 0 Å². The molecule has 1 aromatic carbocycles. The fourth-order valence-electron chi connectivity index (χ4n) is 3.28. The number of anilines is 1. The lowest BCUT2D eigenvalue weighted by Gasteiger charge is -2.27. The molecule has 4 heteroatoms. The minimum Gasteiger partial charge on any atom is -0.370 e. The van der Waals surface area contributed by atoms with Gasteiger partial charge >= 0.3 is 0 Å². The maximum absolute atomic E-state index is 4.72. The van der Waals surface area contributed by atoms with Crippen LogP contribution in [0.25, 0.3) is 11.0 Å². The van der Waals surface area contributed by atoms with E-state index in [2.05, 4.69) is 53.1 Å². The lowest BCUT2D eigenvalue weighted by molar-refractivity contribution is 0.483. The highest BCUT2D eigenvalue weighted by atomic mass is 15.4. The molecule has 0 bridgehead atoms. The van der Waals surface area contributed by atoms with Gasteiger partial charge in [0.15, 0.2) is 5.65 Å². The van der Waals surface area contributed by atoms with Crippen LogP contribution in [0.3, 0.4) is 0 Å². The largest absolute Gasteiger partial charge is 0.370 e. The van der Waals surface area contributed by atoms with E-state index < -0.39 is 0 Å². The van der Waals surface area contributed by atoms with Crippen LogP contribution in [0.2, 0.25) is 0 Å². The predicted octanol–water partition coefficient (Wildman–Crippen LogP) is 3.45. The molecule has 106 valence electrons. The molecule has 3 aromatic rings. The zero-order valence-electron chi connectivity index (χ0n) is 12.3. The molecule has 1 N–H and O–H groups in total. The summed E-state index contributed by atoms with van der Waals surface area (Å²) in [5, 5.41) is 9.30. The van der Waals surface area contributed by atoms with E-state index in [0.29, 0.717) is 0 Å². The van der Waals surface area contributed by atoms with E-state index in [1.54, 1.807) is 6.20 Å². The van der Waals surface area contributed by atoms with Crippen molar-refractivity contribution < 1.29 is 0 Å². The summed E-state index contributed by atoms with van der Waals surface area (Å²) in [6.07, 6.45) is 2.85. The van der Waals surface area contributed by atoms with Crippen LogP contribution in [0.1, 0.15) is 29.2 Å². The van der Waals surface area contributed by atoms with Crippen LogP contribution in [0.4, 0.5) is 5.82 Å². The summed E-state index contributed by atoms with van der Waals surface area (Å²) >= 11 is 0. The number of fused-ring (bicyclic) bond motifs is 3. The normalized spacial score (nSPS) is 17.5. The average Bonchev–Trinajstić information content (AvgIpc) is 2.86. The van der Waals surface area contributed by atoms with Gasteiger partial charge in [0, 0.05) is 12.7 Å². The predicted molar refractivity (Wildman–Crippen MR) is 84.7 cm³/mol. The van der Waals surface area contributed by atoms with Crippen LogP contribution in [0, 0.1) is 13.8 Å². The standard InChI is InChI=1S/C17H18N4/c1-11-5-6-13(12(2)10-11)15-7-9-19-17-14-4-3-8-18-16(14)20-21(15)17/h3-6,8,10,15,19H,7,9H2,1-2H3. The summed E-state index contributed by atoms with van der Waals surface area (Å²) in [7, 11) is 0. The Morgan fingerprint density at radius 3 is 3.00 bits per heavy atom. The van der Waals surface area contributed by atoms with E-state index in [1.807, 2.05) is 6.07 Å². The Labute approximate surface area is 123 Å². The van der Waals surface area contributed by atoms with E-state index >= 15 is 0 Å². The molecule has 4 nitrogen and oxygen atoms in total. The van der Waals surface area contributed by atoms with Crippen LogP contribution < -0.4 is 5.32 Å². The third-order valence-electron chi connectivity index (χ3n) is 4.26. The molecule has 21 heavy (non-hydrogen) atoms. The number of benzene rings is 1. The summed E-state index contributed by atoms with van der Waals surface area (Å²) in [6, 6.07) is 11.0. The summed E-state index contributed by atoms with van der Waals surface area (Å²) < 4.78 is 2.11. The van der Waals surface area contributed by atoms with Crippen molar-refractivity contribution in [1.82, 2.24) is 14.8 Å². The minimum atomic E-state index is 0.288. The summed E-state index contributed by atoms with van der Waals surface area (Å²) in [5.41, 5.74) is 4.81. The molecule has 0 saturated carbocycles. The molecule has 1 aliphatic rings. The van der Waals surface area contributed by atoms with Gasteiger partial charge in [0.2, 0.25) is 0 Å². The SMILES string of the molecule is Cc1ccc(C2CCNc3c4cccnc4nn32)c(C)c1. The number of hydrogen-bond donors (Lipinski definition) is 1. The Hall–Kier alpha value is -2.36. The monoisotopic (exact) mass is 278 g/mol. The van der Waals surface area contributed by atoms with Crippen molar-refractivity contribution in [3.8, 4) is 0 Å². The summed E-state index contributed by atoms with van der Waals surface area (Å²) in [4.78, 5) is 4.38. The Kier molecular flexibility index (Phi) is 2.70. The highest BCUT2D eigenvalue weighted by molar-refractivity contribution is 5.87. The first kappa shape index (κ1) is 12.4. The van der Waals surface area contributed by atoms with Crippen molar-refractivity contribution in [1.29, 1.82) is 0 Å². The lowest BCUT2D eigenvalue weighted by atomic mass is 9.96. The molecule has 0 fully saturated rings. The average molecular weight is 278 g/mol. The van der Waals surface area contributed by atoms with Crippen molar-refractivity contribution in [2.75, 3.05) is 11.9 Å². The minimum absolute atomic E-state index is 0.288. The van der Waals surface area contributed by atoms with Gasteiger partial charge < -0.3 is 5.32 Å². The highest BCUT2D eigenvalue weighted by Crippen LogP contribution is 2.34. The number of nitrogens with one attached hydrogen (secondary N) is 1. The first-order valence-corrected chi connectivity index (χ1v) is 7.38. The van der Waals surface area contributed by atoms with Crippen LogP contribution in [0.15, 0.2) is 36.5 Å². The first-order chi connectivity index (χ1) is 10.2. The Morgan fingerprint density at radius 1 is 1.24 bits per heavy atom. The molecule has 2 aromatic heterocycles. The number of aryl methyl sites for hydroxylation is 2. The van der Waals surface area contributed by atoms with E-state index in [1.165, 1.54) is 16.7 Å². The summed E-state index contributed by atoms with van der Waals surface area (Å²) in [6.45, 7) is 5.29. The maximum atomic E-state index is 4.72. The third-order valence-corrected chi connectivity index (χ3v) is 4.26. The lowest BCUT2D eigenvalue weighted by Crippen LogP contribution is -2.24. The summed E-state index contributed by atoms with van der Waals surface area (Å²) in [5.74, 6) is 1.09. The number of rotatable bonds is 1. The van der Waals surface area contributed by atoms with Gasteiger partial charge in [-0.1, -0.05) is 23.8 Å². The molecule has 0 amide bonds. The second-order valence-electron chi connectivity index (χ2n) is 5.76. The Balaban J connectivity index is 1.90. The van der Waals surface area contributed by atoms with E-state index in [-0.39, 0.29) is 6.04 Å². The van der Waals surface area contributed by atoms with Gasteiger partial charge in [-0.2, -0.15) is 0 Å². The van der Waals surface area contributed by atoms with E-state index in [4.69, 9.17) is 5.10 Å². The van der Waals surface area contributed by atoms with Gasteiger partial charge in [0.1, 0.15) is 5.82 Å². The van der Waals surface area contributed by atoms with Gasteiger partial charge in [-0.15, -0.1) is 5.10 Å². The molecule has 1 aliphatic heterocycles. The second-order valence-corrected chi connectivity index (χ2v) is 5.76. The molecule has 0 radical (unpaired) electrons. The number of hydrogen-bond acceptors (Lipinski definition) is 3. The van der Waals surface area contributed by atoms with Gasteiger partial charge in [-0.25, -0.2) is 9.67 Å². The Bertz CT molecular complexity index is 819. The zero-order valence-corrected chi connectivity index (χ0v) is 12.3. The van der Waals surface area contributed by atoms with E-state index in [9.17, 15) is 0 Å². The van der Waals surface area contributed by atoms with Crippen molar-refractivity contribution >= 4 is 16.9 Å². The van der Waals surface area contributed by atoms with Crippen molar-refractivity contribution in [3.05, 3.63) is 53.2 Å². The van der Waals surface area contributed by atoms with E-state index in [0.717, 1.165) is 29.8 Å². The zero-order chi connectivity index (χ0) is 14.4. The smallest absolute Gasteiger partial charge is 0.183 e. The topological polar surface area (TPSA) is 42.7 Å². The quantitative estimate of drug-likeness (QED) is 0.741. The molecule has 4 rings (SSSR count). The van der Waals surface area contributed by atoms with Gasteiger partial charge in [-0.05, 0) is 43.5 Å². The third kappa shape index (κ3) is 1.90. The Morgan fingerprint density at radius 2 is 2.14 bits per heavy atom. The van der Waals surface area contributed by atoms with Crippen LogP contribution in [-0.2, 0) is 0 Å². The van der Waals surface area contributed by atoms with Crippen molar-refractivity contribution in [3.63, 3.8) is 0 Å². The molecule has 1 atom stereocenters. The maximum Gasteiger partial charge on any atom is 0.183 e. The number of nitrogens with zero attached hydrogens (tertiary/aromatic N) is 3.